The van der Waals surface area contributed by atoms with Gasteiger partial charge in [0.2, 0.25) is 0 Å². The molecule has 100 valence electrons. The van der Waals surface area contributed by atoms with Crippen molar-refractivity contribution in [3.05, 3.63) is 33.3 Å². The molecular formula is C15H21BrClN. The molecule has 1 saturated carbocycles. The predicted octanol–water partition coefficient (Wildman–Crippen LogP) is 4.81. The third-order valence-electron chi connectivity index (χ3n) is 3.87. The number of rotatable bonds is 4. The Morgan fingerprint density at radius 3 is 2.83 bits per heavy atom. The largest absolute Gasteiger partial charge is 0.314 e. The van der Waals surface area contributed by atoms with Gasteiger partial charge in [0.15, 0.2) is 0 Å². The van der Waals surface area contributed by atoms with Gasteiger partial charge in [-0.1, -0.05) is 53.4 Å². The minimum Gasteiger partial charge on any atom is -0.314 e. The summed E-state index contributed by atoms with van der Waals surface area (Å²) in [6, 6.07) is 6.92. The molecule has 1 aliphatic rings. The fourth-order valence-corrected chi connectivity index (χ4v) is 3.70. The first kappa shape index (κ1) is 14.4. The van der Waals surface area contributed by atoms with Crippen LogP contribution in [0.2, 0.25) is 5.02 Å². The normalized spacial score (nSPS) is 24.2. The van der Waals surface area contributed by atoms with Crippen molar-refractivity contribution in [3.8, 4) is 0 Å². The fourth-order valence-electron chi connectivity index (χ4n) is 2.95. The molecular weight excluding hydrogens is 310 g/mol. The maximum absolute atomic E-state index is 6.32. The van der Waals surface area contributed by atoms with Gasteiger partial charge in [-0.25, -0.2) is 0 Å². The van der Waals surface area contributed by atoms with Crippen LogP contribution < -0.4 is 5.32 Å². The second-order valence-electron chi connectivity index (χ2n) is 5.15. The van der Waals surface area contributed by atoms with E-state index in [1.54, 1.807) is 0 Å². The lowest BCUT2D eigenvalue weighted by atomic mass is 9.80. The first-order valence-corrected chi connectivity index (χ1v) is 8.05. The van der Waals surface area contributed by atoms with E-state index >= 15 is 0 Å². The second-order valence-corrected chi connectivity index (χ2v) is 6.47. The summed E-state index contributed by atoms with van der Waals surface area (Å²) < 4.78 is 1.06. The van der Waals surface area contributed by atoms with Crippen molar-refractivity contribution in [2.75, 3.05) is 6.54 Å². The Balaban J connectivity index is 2.06. The lowest BCUT2D eigenvalue weighted by Crippen LogP contribution is -2.39. The molecule has 1 aromatic carbocycles. The van der Waals surface area contributed by atoms with Gasteiger partial charge in [0, 0.05) is 15.5 Å². The highest BCUT2D eigenvalue weighted by atomic mass is 79.9. The van der Waals surface area contributed by atoms with Crippen LogP contribution in [0, 0.1) is 5.92 Å². The molecule has 18 heavy (non-hydrogen) atoms. The molecule has 0 bridgehead atoms. The zero-order chi connectivity index (χ0) is 13.0. The van der Waals surface area contributed by atoms with E-state index in [2.05, 4.69) is 40.3 Å². The van der Waals surface area contributed by atoms with Gasteiger partial charge in [0.05, 0.1) is 0 Å². The molecule has 2 atom stereocenters. The molecule has 0 spiro atoms. The molecule has 0 amide bonds. The molecule has 0 aromatic heterocycles. The van der Waals surface area contributed by atoms with Crippen LogP contribution in [0.5, 0.6) is 0 Å². The first-order valence-electron chi connectivity index (χ1n) is 6.88. The first-order chi connectivity index (χ1) is 8.70. The highest BCUT2D eigenvalue weighted by Gasteiger charge is 2.24. The van der Waals surface area contributed by atoms with Gasteiger partial charge in [-0.05, 0) is 49.4 Å². The van der Waals surface area contributed by atoms with Crippen molar-refractivity contribution in [2.24, 2.45) is 5.92 Å². The van der Waals surface area contributed by atoms with Crippen molar-refractivity contribution in [1.29, 1.82) is 0 Å². The quantitative estimate of drug-likeness (QED) is 0.835. The van der Waals surface area contributed by atoms with Gasteiger partial charge in [-0.15, -0.1) is 0 Å². The van der Waals surface area contributed by atoms with Crippen LogP contribution in [0.4, 0.5) is 0 Å². The van der Waals surface area contributed by atoms with Crippen molar-refractivity contribution in [1.82, 2.24) is 5.32 Å². The van der Waals surface area contributed by atoms with E-state index in [0.29, 0.717) is 6.04 Å². The highest BCUT2D eigenvalue weighted by Crippen LogP contribution is 2.30. The topological polar surface area (TPSA) is 12.0 Å². The van der Waals surface area contributed by atoms with Gasteiger partial charge in [-0.2, -0.15) is 0 Å². The molecule has 3 heteroatoms. The summed E-state index contributed by atoms with van der Waals surface area (Å²) in [5, 5.41) is 4.53. The number of halogens is 2. The molecule has 0 saturated heterocycles. The smallest absolute Gasteiger partial charge is 0.0449 e. The number of nitrogens with one attached hydrogen (secondary N) is 1. The summed E-state index contributed by atoms with van der Waals surface area (Å²) in [4.78, 5) is 0. The minimum atomic E-state index is 0.670. The maximum atomic E-state index is 6.32. The van der Waals surface area contributed by atoms with Gasteiger partial charge < -0.3 is 5.32 Å². The van der Waals surface area contributed by atoms with Gasteiger partial charge in [-0.3, -0.25) is 0 Å². The van der Waals surface area contributed by atoms with Gasteiger partial charge >= 0.3 is 0 Å². The van der Waals surface area contributed by atoms with Crippen LogP contribution in [-0.4, -0.2) is 12.6 Å². The van der Waals surface area contributed by atoms with Crippen molar-refractivity contribution >= 4 is 27.5 Å². The molecule has 2 rings (SSSR count). The van der Waals surface area contributed by atoms with E-state index in [1.165, 1.54) is 31.2 Å². The predicted molar refractivity (Wildman–Crippen MR) is 82.3 cm³/mol. The van der Waals surface area contributed by atoms with E-state index in [0.717, 1.165) is 28.4 Å². The van der Waals surface area contributed by atoms with E-state index in [1.807, 2.05) is 6.07 Å². The number of hydrogen-bond acceptors (Lipinski definition) is 1. The summed E-state index contributed by atoms with van der Waals surface area (Å²) in [6.07, 6.45) is 6.46. The third-order valence-corrected chi connectivity index (χ3v) is 4.72. The molecule has 1 aromatic rings. The zero-order valence-electron chi connectivity index (χ0n) is 10.9. The molecule has 0 radical (unpaired) electrons. The molecule has 1 aliphatic carbocycles. The zero-order valence-corrected chi connectivity index (χ0v) is 13.2. The SMILES string of the molecule is CCNC1CCCCC1Cc1ccc(Br)cc1Cl. The Hall–Kier alpha value is -0.0500. The van der Waals surface area contributed by atoms with E-state index in [4.69, 9.17) is 11.6 Å². The van der Waals surface area contributed by atoms with Crippen LogP contribution >= 0.6 is 27.5 Å². The summed E-state index contributed by atoms with van der Waals surface area (Å²) in [5.74, 6) is 0.734. The van der Waals surface area contributed by atoms with Crippen molar-refractivity contribution < 1.29 is 0 Å². The standard InChI is InChI=1S/C15H21BrClN/c1-2-18-15-6-4-3-5-12(15)9-11-7-8-13(16)10-14(11)17/h7-8,10,12,15,18H,2-6,9H2,1H3. The summed E-state index contributed by atoms with van der Waals surface area (Å²) in [6.45, 7) is 3.26. The monoisotopic (exact) mass is 329 g/mol. The maximum Gasteiger partial charge on any atom is 0.0449 e. The molecule has 2 unspecified atom stereocenters. The number of hydrogen-bond donors (Lipinski definition) is 1. The van der Waals surface area contributed by atoms with Gasteiger partial charge in [0.25, 0.3) is 0 Å². The molecule has 1 N–H and O–H groups in total. The Bertz CT molecular complexity index is 392. The van der Waals surface area contributed by atoms with Crippen molar-refractivity contribution in [3.63, 3.8) is 0 Å². The second kappa shape index (κ2) is 6.93. The Morgan fingerprint density at radius 2 is 2.11 bits per heavy atom. The average molecular weight is 331 g/mol. The summed E-state index contributed by atoms with van der Waals surface area (Å²) in [5.41, 5.74) is 1.29. The Labute approximate surface area is 123 Å². The van der Waals surface area contributed by atoms with E-state index < -0.39 is 0 Å². The van der Waals surface area contributed by atoms with E-state index in [9.17, 15) is 0 Å². The Morgan fingerprint density at radius 1 is 1.33 bits per heavy atom. The molecule has 1 nitrogen and oxygen atoms in total. The average Bonchev–Trinajstić information content (AvgIpc) is 2.35. The third kappa shape index (κ3) is 3.72. The molecule has 0 heterocycles. The highest BCUT2D eigenvalue weighted by molar-refractivity contribution is 9.10. The van der Waals surface area contributed by atoms with Crippen LogP contribution in [0.15, 0.2) is 22.7 Å². The van der Waals surface area contributed by atoms with Crippen LogP contribution in [0.25, 0.3) is 0 Å². The summed E-state index contributed by atoms with van der Waals surface area (Å²) in [7, 11) is 0. The molecule has 0 aliphatic heterocycles. The Kier molecular flexibility index (Phi) is 5.53. The van der Waals surface area contributed by atoms with E-state index in [-0.39, 0.29) is 0 Å². The van der Waals surface area contributed by atoms with Gasteiger partial charge in [0.1, 0.15) is 0 Å². The molecule has 1 fully saturated rings. The number of benzene rings is 1. The lowest BCUT2D eigenvalue weighted by molar-refractivity contribution is 0.264. The summed E-state index contributed by atoms with van der Waals surface area (Å²) >= 11 is 9.78. The van der Waals surface area contributed by atoms with Crippen LogP contribution in [-0.2, 0) is 6.42 Å². The van der Waals surface area contributed by atoms with Crippen LogP contribution in [0.1, 0.15) is 38.2 Å². The lowest BCUT2D eigenvalue weighted by Gasteiger charge is -2.32. The minimum absolute atomic E-state index is 0.670. The fraction of sp³-hybridized carbons (Fsp3) is 0.600. The van der Waals surface area contributed by atoms with Crippen LogP contribution in [0.3, 0.4) is 0 Å². The van der Waals surface area contributed by atoms with Crippen molar-refractivity contribution in [2.45, 2.75) is 45.1 Å².